The molecule has 344 valence electrons. The Bertz CT molecular complexity index is 2410. The Labute approximate surface area is 392 Å². The Morgan fingerprint density at radius 1 is 0.738 bits per heavy atom. The van der Waals surface area contributed by atoms with Crippen LogP contribution in [0.3, 0.4) is 0 Å². The lowest BCUT2D eigenvalue weighted by atomic mass is 10.0. The van der Waals surface area contributed by atoms with Gasteiger partial charge in [0, 0.05) is 56.8 Å². The molecule has 0 saturated carbocycles. The van der Waals surface area contributed by atoms with E-state index in [9.17, 15) is 34.5 Å². The first-order valence-electron chi connectivity index (χ1n) is 22.0. The van der Waals surface area contributed by atoms with Gasteiger partial charge in [0.1, 0.15) is 18.3 Å². The van der Waals surface area contributed by atoms with E-state index in [1.54, 1.807) is 29.0 Å². The summed E-state index contributed by atoms with van der Waals surface area (Å²) in [4.78, 5) is 67.8. The number of aromatic nitrogens is 2. The van der Waals surface area contributed by atoms with E-state index in [1.165, 1.54) is 21.1 Å². The summed E-state index contributed by atoms with van der Waals surface area (Å²) in [7, 11) is 0. The molecule has 17 heteroatoms. The number of hydrogen-bond donors (Lipinski definition) is 7. The van der Waals surface area contributed by atoms with E-state index in [1.807, 2.05) is 73.1 Å². The maximum absolute atomic E-state index is 13.7. The van der Waals surface area contributed by atoms with Gasteiger partial charge in [0.05, 0.1) is 50.4 Å². The maximum Gasteiger partial charge on any atom is 0.254 e. The van der Waals surface area contributed by atoms with Gasteiger partial charge in [0.2, 0.25) is 17.7 Å². The fraction of sp³-hybridized carbons (Fsp3) is 0.417. The minimum absolute atomic E-state index is 0.0238. The van der Waals surface area contributed by atoms with Crippen molar-refractivity contribution >= 4 is 58.9 Å². The summed E-state index contributed by atoms with van der Waals surface area (Å²) in [6, 6.07) is 20.5. The van der Waals surface area contributed by atoms with Crippen molar-refractivity contribution in [3.05, 3.63) is 117 Å². The van der Waals surface area contributed by atoms with Crippen molar-refractivity contribution in [1.82, 2.24) is 35.7 Å². The number of nitrogens with one attached hydrogen (secondary N) is 3. The molecular weight excluding hydrogens is 883 g/mol. The summed E-state index contributed by atoms with van der Waals surface area (Å²) in [6.45, 7) is 6.70. The first-order chi connectivity index (χ1) is 31.3. The smallest absolute Gasteiger partial charge is 0.254 e. The molecule has 0 aliphatic carbocycles. The molecule has 0 radical (unpaired) electrons. The number of carbonyl (C=O) groups is 4. The minimum Gasteiger partial charge on any atom is -0.391 e. The maximum atomic E-state index is 13.7. The average Bonchev–Trinajstić information content (AvgIpc) is 4.13. The molecule has 3 aromatic carbocycles. The van der Waals surface area contributed by atoms with E-state index in [0.717, 1.165) is 55.4 Å². The molecule has 2 fully saturated rings. The van der Waals surface area contributed by atoms with Gasteiger partial charge in [0.15, 0.2) is 0 Å². The Morgan fingerprint density at radius 3 is 1.82 bits per heavy atom. The number of carbonyl (C=O) groups excluding carboxylic acids is 4. The molecule has 4 amide bonds. The minimum atomic E-state index is -0.887. The Kier molecular flexibility index (Phi) is 16.2. The number of hydrogen-bond acceptors (Lipinski definition) is 13. The van der Waals surface area contributed by atoms with Crippen LogP contribution >= 0.6 is 35.3 Å². The van der Waals surface area contributed by atoms with Crippen molar-refractivity contribution in [2.24, 2.45) is 5.92 Å². The average molecular weight is 940 g/mol. The highest BCUT2D eigenvalue weighted by Gasteiger charge is 2.41. The molecule has 4 heterocycles. The van der Waals surface area contributed by atoms with Crippen LogP contribution in [0.1, 0.15) is 78.0 Å². The van der Waals surface area contributed by atoms with Gasteiger partial charge < -0.3 is 35.8 Å². The number of aliphatic hydroxyl groups is 3. The van der Waals surface area contributed by atoms with Crippen LogP contribution in [0, 0.1) is 12.8 Å². The highest BCUT2D eigenvalue weighted by atomic mass is 32.1. The lowest BCUT2D eigenvalue weighted by molar-refractivity contribution is -0.140. The predicted octanol–water partition coefficient (Wildman–Crippen LogP) is 4.95. The van der Waals surface area contributed by atoms with E-state index in [0.29, 0.717) is 30.9 Å². The van der Waals surface area contributed by atoms with Gasteiger partial charge in [-0.05, 0) is 65.6 Å². The van der Waals surface area contributed by atoms with E-state index in [4.69, 9.17) is 0 Å². The molecule has 65 heavy (non-hydrogen) atoms. The summed E-state index contributed by atoms with van der Waals surface area (Å²) in [5.41, 5.74) is 10.6. The van der Waals surface area contributed by atoms with Crippen LogP contribution in [-0.2, 0) is 33.9 Å². The van der Waals surface area contributed by atoms with Crippen molar-refractivity contribution in [2.75, 3.05) is 18.8 Å². The summed E-state index contributed by atoms with van der Waals surface area (Å²) in [5.74, 6) is -0.860. The summed E-state index contributed by atoms with van der Waals surface area (Å²) in [6.07, 6.45) is -0.467. The van der Waals surface area contributed by atoms with Crippen LogP contribution in [0.25, 0.3) is 20.9 Å². The van der Waals surface area contributed by atoms with Gasteiger partial charge in [0.25, 0.3) is 5.91 Å². The number of thiol groups is 1. The molecule has 14 nitrogen and oxygen atoms in total. The second-order valence-corrected chi connectivity index (χ2v) is 19.3. The zero-order valence-electron chi connectivity index (χ0n) is 36.7. The Hall–Kier alpha value is -5.01. The molecule has 2 saturated heterocycles. The summed E-state index contributed by atoms with van der Waals surface area (Å²) < 4.78 is 0. The van der Waals surface area contributed by atoms with Crippen molar-refractivity contribution in [3.8, 4) is 20.9 Å². The standard InChI is InChI=1S/C48H57N7O7S3/c1-28(2)4-17-42(58)53-39(25-63)48(62)55-24-37(57)20-41(55)46(60)50-22-32-9-13-34(14-10-32)44-38(52-27-65-44)18-30-5-15-35(16-6-30)47(61)54-23-36(56)19-40(54)45(59)49-21-31-7-11-33(12-8-31)43-29(3)51-26-64-43/h5-16,26-28,36-37,39-42,53,56-58,63H,4,17-25H2,1-3H3,(H,49,59)(H,50,60)/t36-,37-,39+,40+,41+,42?/m1/s1. The molecule has 5 aromatic rings. The highest BCUT2D eigenvalue weighted by molar-refractivity contribution is 7.80. The fourth-order valence-corrected chi connectivity index (χ4v) is 10.2. The van der Waals surface area contributed by atoms with Gasteiger partial charge in [-0.1, -0.05) is 74.5 Å². The van der Waals surface area contributed by atoms with Crippen molar-refractivity contribution in [3.63, 3.8) is 0 Å². The number of aliphatic hydroxyl groups excluding tert-OH is 3. The fourth-order valence-electron chi connectivity index (χ4n) is 8.30. The second-order valence-electron chi connectivity index (χ2n) is 17.2. The molecule has 1 unspecified atom stereocenters. The lowest BCUT2D eigenvalue weighted by Crippen LogP contribution is -2.55. The number of β-amino-alcohol motifs (C(OH)–C–C–N with tert-alkyl or cyclic N) is 2. The van der Waals surface area contributed by atoms with Gasteiger partial charge in [-0.3, -0.25) is 24.5 Å². The number of likely N-dealkylation sites (tertiary alicyclic amines) is 2. The molecule has 7 rings (SSSR count). The molecule has 2 aromatic heterocycles. The van der Waals surface area contributed by atoms with Gasteiger partial charge in [-0.15, -0.1) is 22.7 Å². The predicted molar refractivity (Wildman–Crippen MR) is 255 cm³/mol. The van der Waals surface area contributed by atoms with E-state index >= 15 is 0 Å². The molecule has 2 aliphatic heterocycles. The van der Waals surface area contributed by atoms with Crippen LogP contribution in [0.15, 0.2) is 83.8 Å². The number of rotatable bonds is 18. The first kappa shape index (κ1) is 47.9. The van der Waals surface area contributed by atoms with Crippen LogP contribution < -0.4 is 16.0 Å². The van der Waals surface area contributed by atoms with Crippen molar-refractivity contribution < 1.29 is 34.5 Å². The lowest BCUT2D eigenvalue weighted by Gasteiger charge is -2.29. The quantitative estimate of drug-likeness (QED) is 0.0467. The normalized spacial score (nSPS) is 19.4. The molecular formula is C48H57N7O7S3. The zero-order valence-corrected chi connectivity index (χ0v) is 39.3. The Morgan fingerprint density at radius 2 is 1.26 bits per heavy atom. The number of amides is 4. The monoisotopic (exact) mass is 939 g/mol. The number of benzene rings is 3. The van der Waals surface area contributed by atoms with Crippen LogP contribution in [0.5, 0.6) is 0 Å². The van der Waals surface area contributed by atoms with Crippen LogP contribution in [-0.4, -0.2) is 114 Å². The molecule has 0 spiro atoms. The third-order valence-electron chi connectivity index (χ3n) is 11.9. The van der Waals surface area contributed by atoms with Gasteiger partial charge in [-0.2, -0.15) is 12.6 Å². The van der Waals surface area contributed by atoms with Crippen molar-refractivity contribution in [2.45, 2.75) is 103 Å². The molecule has 6 atom stereocenters. The van der Waals surface area contributed by atoms with E-state index < -0.39 is 36.6 Å². The third-order valence-corrected chi connectivity index (χ3v) is 14.2. The van der Waals surface area contributed by atoms with Crippen LogP contribution in [0.2, 0.25) is 0 Å². The van der Waals surface area contributed by atoms with Crippen molar-refractivity contribution in [1.29, 1.82) is 0 Å². The Balaban J connectivity index is 0.908. The van der Waals surface area contributed by atoms with E-state index in [2.05, 4.69) is 52.4 Å². The highest BCUT2D eigenvalue weighted by Crippen LogP contribution is 2.31. The van der Waals surface area contributed by atoms with Crippen LogP contribution in [0.4, 0.5) is 0 Å². The SMILES string of the molecule is Cc1ncsc1-c1ccc(CNC(=O)[C@@H]2C[C@@H](O)CN2C(=O)c2ccc(Cc3ncsc3-c3ccc(CNC(=O)[C@@H]4C[C@@H](O)CN4C(=O)[C@H](CS)NC(O)CCC(C)C)cc3)cc2)cc1. The van der Waals surface area contributed by atoms with Gasteiger partial charge in [-0.25, -0.2) is 9.97 Å². The molecule has 2 aliphatic rings. The first-order valence-corrected chi connectivity index (χ1v) is 24.3. The van der Waals surface area contributed by atoms with Gasteiger partial charge >= 0.3 is 0 Å². The summed E-state index contributed by atoms with van der Waals surface area (Å²) >= 11 is 7.42. The second kappa shape index (κ2) is 22.0. The summed E-state index contributed by atoms with van der Waals surface area (Å²) in [5, 5.41) is 40.2. The molecule has 0 bridgehead atoms. The molecule has 6 N–H and O–H groups in total. The zero-order chi connectivity index (χ0) is 46.2. The largest absolute Gasteiger partial charge is 0.391 e. The number of aryl methyl sites for hydroxylation is 1. The number of thiazole rings is 2. The number of nitrogens with zero attached hydrogens (tertiary/aromatic N) is 4. The topological polar surface area (TPSA) is 197 Å². The van der Waals surface area contributed by atoms with E-state index in [-0.39, 0.29) is 61.9 Å². The third kappa shape index (κ3) is 12.1.